The largest absolute Gasteiger partial charge is 0.497 e. The van der Waals surface area contributed by atoms with Gasteiger partial charge >= 0.3 is 5.97 Å². The molecule has 35 heavy (non-hydrogen) atoms. The van der Waals surface area contributed by atoms with E-state index in [0.717, 1.165) is 11.3 Å². The minimum atomic E-state index is -0.766. The number of carbonyl (C=O) groups excluding carboxylic acids is 2. The summed E-state index contributed by atoms with van der Waals surface area (Å²) in [6.07, 6.45) is -0.343. The molecule has 0 aliphatic carbocycles. The summed E-state index contributed by atoms with van der Waals surface area (Å²) in [5, 5.41) is 2.82. The molecule has 0 bridgehead atoms. The van der Waals surface area contributed by atoms with Gasteiger partial charge in [-0.2, -0.15) is 0 Å². The summed E-state index contributed by atoms with van der Waals surface area (Å²) >= 11 is 1.14. The Morgan fingerprint density at radius 2 is 1.83 bits per heavy atom. The van der Waals surface area contributed by atoms with Crippen LogP contribution in [0, 0.1) is 0 Å². The molecule has 0 saturated heterocycles. The maximum absolute atomic E-state index is 13.9. The van der Waals surface area contributed by atoms with E-state index in [9.17, 15) is 14.4 Å². The van der Waals surface area contributed by atoms with Gasteiger partial charge in [-0.15, -0.1) is 0 Å². The monoisotopic (exact) mass is 489 g/mol. The van der Waals surface area contributed by atoms with Crippen molar-refractivity contribution in [2.75, 3.05) is 12.4 Å². The lowest BCUT2D eigenvalue weighted by Crippen LogP contribution is -2.40. The number of nitrogens with one attached hydrogen (secondary N) is 1. The summed E-state index contributed by atoms with van der Waals surface area (Å²) in [7, 11) is 1.57. The minimum absolute atomic E-state index is 0.274. The molecule has 5 rings (SSSR count). The molecule has 3 heterocycles. The van der Waals surface area contributed by atoms with E-state index in [4.69, 9.17) is 9.47 Å². The fourth-order valence-electron chi connectivity index (χ4n) is 4.35. The van der Waals surface area contributed by atoms with Crippen LogP contribution in [0.5, 0.6) is 5.75 Å². The van der Waals surface area contributed by atoms with Crippen molar-refractivity contribution in [1.29, 1.82) is 0 Å². The van der Waals surface area contributed by atoms with Gasteiger partial charge in [0.2, 0.25) is 0 Å². The topological polar surface area (TPSA) is 99.0 Å². The van der Waals surface area contributed by atoms with Crippen LogP contribution in [0.25, 0.3) is 5.57 Å². The summed E-state index contributed by atoms with van der Waals surface area (Å²) in [6.45, 7) is 5.26. The average molecular weight is 490 g/mol. The first-order chi connectivity index (χ1) is 16.8. The van der Waals surface area contributed by atoms with Gasteiger partial charge in [0, 0.05) is 11.3 Å². The Balaban J connectivity index is 1.79. The van der Waals surface area contributed by atoms with Crippen molar-refractivity contribution in [2.45, 2.75) is 32.9 Å². The van der Waals surface area contributed by atoms with Crippen LogP contribution < -0.4 is 24.9 Å². The van der Waals surface area contributed by atoms with E-state index in [0.29, 0.717) is 38.6 Å². The van der Waals surface area contributed by atoms with Crippen LogP contribution in [-0.4, -0.2) is 29.7 Å². The third-order valence-corrected chi connectivity index (χ3v) is 6.94. The van der Waals surface area contributed by atoms with Gasteiger partial charge in [-0.25, -0.2) is 9.79 Å². The summed E-state index contributed by atoms with van der Waals surface area (Å²) in [5.41, 5.74) is 2.68. The van der Waals surface area contributed by atoms with E-state index in [1.165, 1.54) is 4.57 Å². The molecule has 0 radical (unpaired) electrons. The molecule has 1 amide bonds. The van der Waals surface area contributed by atoms with E-state index in [1.807, 2.05) is 24.3 Å². The molecule has 0 fully saturated rings. The lowest BCUT2D eigenvalue weighted by atomic mass is 9.95. The maximum atomic E-state index is 13.9. The number of aromatic nitrogens is 1. The fourth-order valence-corrected chi connectivity index (χ4v) is 5.50. The first-order valence-electron chi connectivity index (χ1n) is 11.1. The molecule has 2 aromatic carbocycles. The van der Waals surface area contributed by atoms with Crippen LogP contribution in [0.1, 0.15) is 37.9 Å². The number of fused-ring (bicyclic) bond motifs is 2. The molecule has 178 valence electrons. The van der Waals surface area contributed by atoms with Gasteiger partial charge in [-0.1, -0.05) is 41.7 Å². The first kappa shape index (κ1) is 22.8. The second-order valence-corrected chi connectivity index (χ2v) is 9.48. The van der Waals surface area contributed by atoms with E-state index in [2.05, 4.69) is 10.3 Å². The number of ether oxygens (including phenoxy) is 2. The highest BCUT2D eigenvalue weighted by atomic mass is 32.1. The van der Waals surface area contributed by atoms with Gasteiger partial charge in [0.15, 0.2) is 4.80 Å². The van der Waals surface area contributed by atoms with Crippen LogP contribution in [0.15, 0.2) is 69.6 Å². The van der Waals surface area contributed by atoms with Crippen LogP contribution in [0.4, 0.5) is 5.69 Å². The lowest BCUT2D eigenvalue weighted by Gasteiger charge is -2.25. The smallest absolute Gasteiger partial charge is 0.338 e. The number of thiazole rings is 1. The highest BCUT2D eigenvalue weighted by Crippen LogP contribution is 2.33. The van der Waals surface area contributed by atoms with E-state index >= 15 is 0 Å². The second-order valence-electron chi connectivity index (χ2n) is 8.50. The molecule has 3 aromatic rings. The van der Waals surface area contributed by atoms with Crippen LogP contribution in [0.3, 0.4) is 0 Å². The van der Waals surface area contributed by atoms with Crippen LogP contribution in [-0.2, 0) is 14.3 Å². The van der Waals surface area contributed by atoms with E-state index in [1.54, 1.807) is 52.1 Å². The molecule has 0 spiro atoms. The van der Waals surface area contributed by atoms with Crippen molar-refractivity contribution in [3.05, 3.63) is 90.6 Å². The van der Waals surface area contributed by atoms with Gasteiger partial charge < -0.3 is 14.8 Å². The predicted molar refractivity (Wildman–Crippen MR) is 132 cm³/mol. The molecule has 2 aliphatic heterocycles. The Morgan fingerprint density at radius 1 is 1.11 bits per heavy atom. The summed E-state index contributed by atoms with van der Waals surface area (Å²) in [5.74, 6) is -0.230. The molecule has 1 atom stereocenters. The van der Waals surface area contributed by atoms with Crippen molar-refractivity contribution in [1.82, 2.24) is 4.57 Å². The SMILES string of the molecule is COc1ccc(C2C(C(=O)OC(C)C)=C(C)N=c3sc(=C4C(=O)Nc5ccccc54)c(=O)n32)cc1. The standard InChI is InChI=1S/C26H23N3O5S/c1-13(2)34-25(32)19-14(3)27-26-29(21(19)15-9-11-16(33-4)12-10-15)24(31)22(35-26)20-17-7-5-6-8-18(17)28-23(20)30/h5-13,21H,1-4H3,(H,28,30). The van der Waals surface area contributed by atoms with Crippen molar-refractivity contribution >= 4 is 34.5 Å². The second kappa shape index (κ2) is 8.66. The number of allylic oxidation sites excluding steroid dienone is 1. The van der Waals surface area contributed by atoms with Crippen LogP contribution >= 0.6 is 11.3 Å². The number of benzene rings is 2. The normalized spacial score (nSPS) is 18.1. The van der Waals surface area contributed by atoms with Gasteiger partial charge in [0.05, 0.1) is 36.1 Å². The molecular weight excluding hydrogens is 466 g/mol. The van der Waals surface area contributed by atoms with Crippen molar-refractivity contribution in [2.24, 2.45) is 4.99 Å². The molecule has 1 aromatic heterocycles. The third-order valence-electron chi connectivity index (χ3n) is 5.89. The molecule has 9 heteroatoms. The highest BCUT2D eigenvalue weighted by Gasteiger charge is 2.35. The van der Waals surface area contributed by atoms with Gasteiger partial charge in [-0.3, -0.25) is 14.2 Å². The number of hydrogen-bond acceptors (Lipinski definition) is 7. The molecule has 1 N–H and O–H groups in total. The van der Waals surface area contributed by atoms with Crippen molar-refractivity contribution in [3.63, 3.8) is 0 Å². The number of nitrogens with zero attached hydrogens (tertiary/aromatic N) is 2. The Hall–Kier alpha value is -3.98. The third kappa shape index (κ3) is 3.77. The summed E-state index contributed by atoms with van der Waals surface area (Å²) in [4.78, 5) is 44.9. The van der Waals surface area contributed by atoms with E-state index in [-0.39, 0.29) is 22.1 Å². The minimum Gasteiger partial charge on any atom is -0.497 e. The van der Waals surface area contributed by atoms with Crippen LogP contribution in [0.2, 0.25) is 0 Å². The number of rotatable bonds is 4. The van der Waals surface area contributed by atoms with Gasteiger partial charge in [-0.05, 0) is 44.5 Å². The number of para-hydroxylation sites is 1. The Bertz CT molecular complexity index is 1580. The van der Waals surface area contributed by atoms with Crippen molar-refractivity contribution < 1.29 is 19.1 Å². The number of hydrogen-bond donors (Lipinski definition) is 1. The molecular formula is C26H23N3O5S. The predicted octanol–water partition coefficient (Wildman–Crippen LogP) is 2.52. The molecule has 8 nitrogen and oxygen atoms in total. The van der Waals surface area contributed by atoms with E-state index < -0.39 is 17.6 Å². The fraction of sp³-hybridized carbons (Fsp3) is 0.231. The zero-order valence-corrected chi connectivity index (χ0v) is 20.4. The number of anilines is 1. The first-order valence-corrected chi connectivity index (χ1v) is 11.9. The maximum Gasteiger partial charge on any atom is 0.338 e. The Morgan fingerprint density at radius 3 is 2.51 bits per heavy atom. The van der Waals surface area contributed by atoms with Crippen molar-refractivity contribution in [3.8, 4) is 5.75 Å². The Labute approximate surface area is 204 Å². The Kier molecular flexibility index (Phi) is 5.64. The molecule has 1 unspecified atom stereocenters. The lowest BCUT2D eigenvalue weighted by molar-refractivity contribution is -0.143. The molecule has 2 aliphatic rings. The number of carbonyl (C=O) groups is 2. The van der Waals surface area contributed by atoms with Gasteiger partial charge in [0.25, 0.3) is 11.5 Å². The average Bonchev–Trinajstić information content (AvgIpc) is 3.32. The number of amides is 1. The quantitative estimate of drug-likeness (QED) is 0.568. The summed E-state index contributed by atoms with van der Waals surface area (Å²) in [6, 6.07) is 13.6. The van der Waals surface area contributed by atoms with Gasteiger partial charge in [0.1, 0.15) is 10.3 Å². The number of esters is 1. The highest BCUT2D eigenvalue weighted by molar-refractivity contribution is 7.07. The zero-order valence-electron chi connectivity index (χ0n) is 19.6. The summed E-state index contributed by atoms with van der Waals surface area (Å²) < 4.78 is 12.6. The molecule has 0 saturated carbocycles. The number of methoxy groups -OCH3 is 1. The zero-order chi connectivity index (χ0) is 24.9.